The average Bonchev–Trinajstić information content (AvgIpc) is 2.99. The van der Waals surface area contributed by atoms with Gasteiger partial charge in [-0.25, -0.2) is 0 Å². The first kappa shape index (κ1) is 38.4. The number of phenolic OH excluding ortho intramolecular Hbond substituents is 1. The lowest BCUT2D eigenvalue weighted by Crippen LogP contribution is -2.35. The number of amidine groups is 1. The Morgan fingerprint density at radius 1 is 1.05 bits per heavy atom. The van der Waals surface area contributed by atoms with Crippen LogP contribution in [0.5, 0.6) is 5.75 Å². The second-order valence-corrected chi connectivity index (χ2v) is 11.0. The minimum Gasteiger partial charge on any atom is -0.508 e. The highest BCUT2D eigenvalue weighted by atomic mass is 16.3. The van der Waals surface area contributed by atoms with Crippen LogP contribution in [0.25, 0.3) is 0 Å². The van der Waals surface area contributed by atoms with Gasteiger partial charge in [-0.2, -0.15) is 0 Å². The van der Waals surface area contributed by atoms with Crippen LogP contribution in [0.15, 0.2) is 52.8 Å². The van der Waals surface area contributed by atoms with E-state index in [1.165, 1.54) is 37.7 Å². The maximum absolute atomic E-state index is 13.1. The fourth-order valence-corrected chi connectivity index (χ4v) is 4.38. The summed E-state index contributed by atoms with van der Waals surface area (Å²) in [6.07, 6.45) is 12.2. The van der Waals surface area contributed by atoms with Crippen molar-refractivity contribution in [2.24, 2.45) is 10.9 Å². The molecule has 0 saturated heterocycles. The van der Waals surface area contributed by atoms with Crippen LogP contribution in [0.4, 0.5) is 0 Å². The second kappa shape index (κ2) is 23.0. The Morgan fingerprint density at radius 2 is 1.63 bits per heavy atom. The van der Waals surface area contributed by atoms with Crippen LogP contribution in [-0.4, -0.2) is 46.0 Å². The highest BCUT2D eigenvalue weighted by Crippen LogP contribution is 2.22. The molecule has 1 aromatic rings. The van der Waals surface area contributed by atoms with Gasteiger partial charge >= 0.3 is 0 Å². The molecule has 6 nitrogen and oxygen atoms in total. The molecule has 0 heterocycles. The normalized spacial score (nSPS) is 14.9. The zero-order chi connectivity index (χ0) is 31.2. The van der Waals surface area contributed by atoms with Crippen LogP contribution in [0.1, 0.15) is 125 Å². The molecule has 1 fully saturated rings. The van der Waals surface area contributed by atoms with Gasteiger partial charge in [0.15, 0.2) is 0 Å². The number of aliphatic imine (C=N–C) groups is 1. The SMILES string of the molecule is C=C(C)N(CC)C(=O)/C(C)=C(\CCCC)NC(=NC1CCCCC1)C(C)CC.CCCO.CCc1ccc(O)cc1. The molecule has 1 unspecified atom stereocenters. The maximum atomic E-state index is 13.1. The van der Waals surface area contributed by atoms with E-state index < -0.39 is 0 Å². The number of nitrogens with one attached hydrogen (secondary N) is 1. The molecule has 0 aliphatic heterocycles. The third-order valence-corrected chi connectivity index (χ3v) is 7.40. The molecule has 1 aliphatic rings. The topological polar surface area (TPSA) is 85.2 Å². The summed E-state index contributed by atoms with van der Waals surface area (Å²) in [6.45, 7) is 21.4. The number of unbranched alkanes of at least 4 members (excludes halogenated alkanes) is 1. The number of carbonyl (C=O) groups is 1. The number of carbonyl (C=O) groups excluding carboxylic acids is 1. The van der Waals surface area contributed by atoms with E-state index in [0.29, 0.717) is 30.9 Å². The van der Waals surface area contributed by atoms with Crippen LogP contribution in [0, 0.1) is 5.92 Å². The van der Waals surface area contributed by atoms with Crippen molar-refractivity contribution < 1.29 is 15.0 Å². The number of aromatic hydroxyl groups is 1. The summed E-state index contributed by atoms with van der Waals surface area (Å²) in [5, 5.41) is 20.4. The number of rotatable bonds is 12. The third kappa shape index (κ3) is 15.8. The number of aryl methyl sites for hydroxylation is 1. The smallest absolute Gasteiger partial charge is 0.255 e. The molecule has 41 heavy (non-hydrogen) atoms. The first-order chi connectivity index (χ1) is 19.6. The molecule has 234 valence electrons. The Balaban J connectivity index is 0.00000101. The summed E-state index contributed by atoms with van der Waals surface area (Å²) in [7, 11) is 0. The van der Waals surface area contributed by atoms with Gasteiger partial charge in [0.05, 0.1) is 6.04 Å². The van der Waals surface area contributed by atoms with Crippen molar-refractivity contribution in [2.45, 2.75) is 132 Å². The number of nitrogens with zero attached hydrogens (tertiary/aromatic N) is 2. The fraction of sp³-hybridized carbons (Fsp3) is 0.657. The average molecular weight is 572 g/mol. The number of amides is 1. The van der Waals surface area contributed by atoms with Crippen LogP contribution >= 0.6 is 0 Å². The first-order valence-corrected chi connectivity index (χ1v) is 16.0. The lowest BCUT2D eigenvalue weighted by molar-refractivity contribution is -0.125. The number of hydrogen-bond acceptors (Lipinski definition) is 4. The summed E-state index contributed by atoms with van der Waals surface area (Å²) >= 11 is 0. The van der Waals surface area contributed by atoms with Crippen molar-refractivity contribution in [1.29, 1.82) is 0 Å². The predicted molar refractivity (Wildman–Crippen MR) is 176 cm³/mol. The van der Waals surface area contributed by atoms with E-state index in [9.17, 15) is 4.79 Å². The number of phenols is 1. The van der Waals surface area contributed by atoms with Crippen LogP contribution in [-0.2, 0) is 11.2 Å². The predicted octanol–water partition coefficient (Wildman–Crippen LogP) is 8.54. The van der Waals surface area contributed by atoms with Crippen LogP contribution in [0.3, 0.4) is 0 Å². The van der Waals surface area contributed by atoms with Crippen molar-refractivity contribution in [3.05, 3.63) is 53.4 Å². The number of aliphatic hydroxyl groups is 1. The standard InChI is InChI=1S/C24H43N3O.C8H10O.C3H8O/c1-8-11-17-22(20(7)24(28)27(10-3)18(4)5)26-23(19(6)9-2)25-21-15-13-12-14-16-21;1-2-7-3-5-8(9)6-4-7;1-2-3-4/h19,21H,4,8-17H2,1-3,5-7H3,(H,25,26);3-6,9H,2H2,1H3;4H,2-3H2,1H3/b22-20+;;. The van der Waals surface area contributed by atoms with Crippen LogP contribution < -0.4 is 5.32 Å². The Bertz CT molecular complexity index is 913. The van der Waals surface area contributed by atoms with E-state index in [4.69, 9.17) is 15.2 Å². The maximum Gasteiger partial charge on any atom is 0.255 e. The second-order valence-electron chi connectivity index (χ2n) is 11.0. The molecule has 1 amide bonds. The molecule has 0 aromatic heterocycles. The van der Waals surface area contributed by atoms with E-state index in [-0.39, 0.29) is 5.91 Å². The third-order valence-electron chi connectivity index (χ3n) is 7.40. The molecule has 0 spiro atoms. The van der Waals surface area contributed by atoms with Crippen molar-refractivity contribution in [3.63, 3.8) is 0 Å². The lowest BCUT2D eigenvalue weighted by atomic mass is 9.95. The molecular formula is C35H61N3O3. The van der Waals surface area contributed by atoms with Gasteiger partial charge in [0.25, 0.3) is 5.91 Å². The zero-order valence-corrected chi connectivity index (χ0v) is 27.6. The van der Waals surface area contributed by atoms with Gasteiger partial charge in [-0.15, -0.1) is 0 Å². The van der Waals surface area contributed by atoms with E-state index in [1.54, 1.807) is 17.0 Å². The number of hydrogen-bond donors (Lipinski definition) is 3. The number of likely N-dealkylation sites (N-methyl/N-ethyl adjacent to an activating group) is 1. The Labute approximate surface area is 252 Å². The molecule has 1 atom stereocenters. The molecule has 2 rings (SSSR count). The van der Waals surface area contributed by atoms with Crippen LogP contribution in [0.2, 0.25) is 0 Å². The van der Waals surface area contributed by atoms with Gasteiger partial charge in [0.1, 0.15) is 11.6 Å². The van der Waals surface area contributed by atoms with Gasteiger partial charge in [0.2, 0.25) is 0 Å². The summed E-state index contributed by atoms with van der Waals surface area (Å²) in [6, 6.07) is 7.69. The van der Waals surface area contributed by atoms with Gasteiger partial charge in [-0.1, -0.05) is 79.0 Å². The van der Waals surface area contributed by atoms with Crippen molar-refractivity contribution >= 4 is 11.7 Å². The monoisotopic (exact) mass is 571 g/mol. The number of benzene rings is 1. The van der Waals surface area contributed by atoms with E-state index in [1.807, 2.05) is 39.8 Å². The number of aliphatic hydroxyl groups excluding tert-OH is 1. The summed E-state index contributed by atoms with van der Waals surface area (Å²) in [5.74, 6) is 1.82. The summed E-state index contributed by atoms with van der Waals surface area (Å²) < 4.78 is 0. The molecule has 6 heteroatoms. The molecule has 1 saturated carbocycles. The van der Waals surface area contributed by atoms with E-state index >= 15 is 0 Å². The number of allylic oxidation sites excluding steroid dienone is 2. The lowest BCUT2D eigenvalue weighted by Gasteiger charge is -2.26. The Kier molecular flexibility index (Phi) is 21.6. The molecule has 0 radical (unpaired) electrons. The highest BCUT2D eigenvalue weighted by molar-refractivity contribution is 5.96. The van der Waals surface area contributed by atoms with Gasteiger partial charge < -0.3 is 20.4 Å². The van der Waals surface area contributed by atoms with Gasteiger partial charge in [0, 0.05) is 36.0 Å². The van der Waals surface area contributed by atoms with Gasteiger partial charge in [-0.3, -0.25) is 9.79 Å². The highest BCUT2D eigenvalue weighted by Gasteiger charge is 2.21. The largest absolute Gasteiger partial charge is 0.508 e. The quantitative estimate of drug-likeness (QED) is 0.133. The molecule has 0 bridgehead atoms. The zero-order valence-electron chi connectivity index (χ0n) is 27.6. The van der Waals surface area contributed by atoms with E-state index in [2.05, 4.69) is 39.6 Å². The molecule has 1 aromatic carbocycles. The van der Waals surface area contributed by atoms with Crippen molar-refractivity contribution in [1.82, 2.24) is 10.2 Å². The summed E-state index contributed by atoms with van der Waals surface area (Å²) in [4.78, 5) is 19.9. The molecule has 3 N–H and O–H groups in total. The fourth-order valence-electron chi connectivity index (χ4n) is 4.38. The molecular weight excluding hydrogens is 510 g/mol. The Hall–Kier alpha value is -2.60. The summed E-state index contributed by atoms with van der Waals surface area (Å²) in [5.41, 5.74) is 3.87. The molecule has 1 aliphatic carbocycles. The van der Waals surface area contributed by atoms with Crippen molar-refractivity contribution in [3.8, 4) is 5.75 Å². The van der Waals surface area contributed by atoms with Gasteiger partial charge in [-0.05, 0) is 83.4 Å². The van der Waals surface area contributed by atoms with Crippen molar-refractivity contribution in [2.75, 3.05) is 13.2 Å². The Morgan fingerprint density at radius 3 is 2.07 bits per heavy atom. The first-order valence-electron chi connectivity index (χ1n) is 16.0. The van der Waals surface area contributed by atoms with E-state index in [0.717, 1.165) is 61.3 Å². The minimum atomic E-state index is 0.0507. The minimum absolute atomic E-state index is 0.0507.